The summed E-state index contributed by atoms with van der Waals surface area (Å²) in [6.07, 6.45) is 0.378. The number of amides is 2. The Hall–Kier alpha value is -2.53. The minimum atomic E-state index is -0.233. The maximum Gasteiger partial charge on any atom is 0.257 e. The quantitative estimate of drug-likeness (QED) is 0.893. The molecule has 0 aromatic heterocycles. The number of carbonyl (C=O) groups excluding carboxylic acids is 2. The molecule has 6 heteroatoms. The lowest BCUT2D eigenvalue weighted by atomic mass is 9.89. The number of nitrogens with zero attached hydrogens (tertiary/aromatic N) is 1. The molecule has 1 heterocycles. The molecule has 1 aliphatic heterocycles. The summed E-state index contributed by atoms with van der Waals surface area (Å²) >= 11 is 5.88. The number of ether oxygens (including phenoxy) is 1. The number of hydrogen-bond donors (Lipinski definition) is 1. The molecule has 0 radical (unpaired) electrons. The van der Waals surface area contributed by atoms with Crippen molar-refractivity contribution in [3.05, 3.63) is 59.1 Å². The van der Waals surface area contributed by atoms with Gasteiger partial charge in [0.05, 0.1) is 0 Å². The van der Waals surface area contributed by atoms with Gasteiger partial charge >= 0.3 is 0 Å². The van der Waals surface area contributed by atoms with Crippen molar-refractivity contribution in [1.82, 2.24) is 5.32 Å². The van der Waals surface area contributed by atoms with Crippen molar-refractivity contribution in [2.75, 3.05) is 25.1 Å². The predicted molar refractivity (Wildman–Crippen MR) is 97.2 cm³/mol. The Morgan fingerprint density at radius 3 is 2.88 bits per heavy atom. The lowest BCUT2D eigenvalue weighted by Crippen LogP contribution is -2.38. The molecule has 2 aromatic carbocycles. The van der Waals surface area contributed by atoms with E-state index >= 15 is 0 Å². The van der Waals surface area contributed by atoms with Crippen molar-refractivity contribution in [3.8, 4) is 5.75 Å². The van der Waals surface area contributed by atoms with E-state index < -0.39 is 0 Å². The average Bonchev–Trinajstić information content (AvgIpc) is 2.62. The van der Waals surface area contributed by atoms with Crippen LogP contribution in [-0.4, -0.2) is 32.0 Å². The van der Waals surface area contributed by atoms with Crippen LogP contribution >= 0.6 is 11.6 Å². The smallest absolute Gasteiger partial charge is 0.257 e. The van der Waals surface area contributed by atoms with Gasteiger partial charge in [-0.3, -0.25) is 9.59 Å². The van der Waals surface area contributed by atoms with Gasteiger partial charge in [-0.1, -0.05) is 35.9 Å². The van der Waals surface area contributed by atoms with Crippen LogP contribution in [0.15, 0.2) is 48.5 Å². The molecule has 1 N–H and O–H groups in total. The highest BCUT2D eigenvalue weighted by atomic mass is 35.5. The van der Waals surface area contributed by atoms with E-state index in [4.69, 9.17) is 16.3 Å². The Balaban J connectivity index is 1.57. The zero-order chi connectivity index (χ0) is 17.8. The highest BCUT2D eigenvalue weighted by Crippen LogP contribution is 2.34. The largest absolute Gasteiger partial charge is 0.484 e. The molecule has 25 heavy (non-hydrogen) atoms. The molecular weight excluding hydrogens is 340 g/mol. The first-order valence-corrected chi connectivity index (χ1v) is 8.43. The fourth-order valence-corrected chi connectivity index (χ4v) is 3.09. The SMILES string of the molecule is CN1C(=O)C[C@H](CNC(=O)COc2cccc(Cl)c2)c2ccccc21. The number of halogens is 1. The first kappa shape index (κ1) is 17.3. The van der Waals surface area contributed by atoms with E-state index in [0.29, 0.717) is 23.7 Å². The molecule has 1 atom stereocenters. The van der Waals surface area contributed by atoms with Crippen LogP contribution in [0.3, 0.4) is 0 Å². The molecule has 0 unspecified atom stereocenters. The number of hydrogen-bond acceptors (Lipinski definition) is 3. The summed E-state index contributed by atoms with van der Waals surface area (Å²) < 4.78 is 5.42. The molecular formula is C19H19ClN2O3. The van der Waals surface area contributed by atoms with E-state index in [1.807, 2.05) is 24.3 Å². The van der Waals surface area contributed by atoms with Gasteiger partial charge in [0, 0.05) is 36.6 Å². The fourth-order valence-electron chi connectivity index (χ4n) is 2.91. The summed E-state index contributed by atoms with van der Waals surface area (Å²) in [6, 6.07) is 14.7. The second-order valence-electron chi connectivity index (χ2n) is 5.96. The Bertz CT molecular complexity index is 794. The van der Waals surface area contributed by atoms with Gasteiger partial charge < -0.3 is 15.0 Å². The van der Waals surface area contributed by atoms with Gasteiger partial charge in [0.15, 0.2) is 6.61 Å². The highest BCUT2D eigenvalue weighted by Gasteiger charge is 2.28. The second kappa shape index (κ2) is 7.57. The maximum absolute atomic E-state index is 12.1. The molecule has 0 saturated heterocycles. The van der Waals surface area contributed by atoms with Crippen LogP contribution in [0.1, 0.15) is 17.9 Å². The topological polar surface area (TPSA) is 58.6 Å². The zero-order valence-corrected chi connectivity index (χ0v) is 14.6. The number of fused-ring (bicyclic) bond motifs is 1. The number of nitrogens with one attached hydrogen (secondary N) is 1. The van der Waals surface area contributed by atoms with Gasteiger partial charge in [0.2, 0.25) is 5.91 Å². The fraction of sp³-hybridized carbons (Fsp3) is 0.263. The van der Waals surface area contributed by atoms with Crippen molar-refractivity contribution in [2.45, 2.75) is 12.3 Å². The van der Waals surface area contributed by atoms with Gasteiger partial charge in [0.25, 0.3) is 5.91 Å². The summed E-state index contributed by atoms with van der Waals surface area (Å²) in [5.41, 5.74) is 1.97. The molecule has 0 aliphatic carbocycles. The molecule has 0 fully saturated rings. The van der Waals surface area contributed by atoms with Crippen molar-refractivity contribution < 1.29 is 14.3 Å². The molecule has 130 valence electrons. The Kier molecular flexibility index (Phi) is 5.24. The highest BCUT2D eigenvalue weighted by molar-refractivity contribution is 6.30. The molecule has 0 spiro atoms. The Labute approximate surface area is 151 Å². The molecule has 5 nitrogen and oxygen atoms in total. The van der Waals surface area contributed by atoms with Crippen LogP contribution in [0.2, 0.25) is 5.02 Å². The van der Waals surface area contributed by atoms with E-state index in [-0.39, 0.29) is 24.3 Å². The van der Waals surface area contributed by atoms with Crippen molar-refractivity contribution in [1.29, 1.82) is 0 Å². The summed E-state index contributed by atoms with van der Waals surface area (Å²) in [5, 5.41) is 3.40. The number of benzene rings is 2. The van der Waals surface area contributed by atoms with Gasteiger partial charge in [0.1, 0.15) is 5.75 Å². The van der Waals surface area contributed by atoms with Crippen molar-refractivity contribution >= 4 is 29.1 Å². The third-order valence-electron chi connectivity index (χ3n) is 4.24. The number of anilines is 1. The first-order chi connectivity index (χ1) is 12.0. The van der Waals surface area contributed by atoms with Crippen LogP contribution in [0.4, 0.5) is 5.69 Å². The summed E-state index contributed by atoms with van der Waals surface area (Å²) in [4.78, 5) is 25.8. The van der Waals surface area contributed by atoms with Gasteiger partial charge in [-0.05, 0) is 29.8 Å². The van der Waals surface area contributed by atoms with Crippen LogP contribution in [0.5, 0.6) is 5.75 Å². The van der Waals surface area contributed by atoms with Crippen molar-refractivity contribution in [3.63, 3.8) is 0 Å². The lowest BCUT2D eigenvalue weighted by molar-refractivity contribution is -0.124. The normalized spacial score (nSPS) is 16.3. The van der Waals surface area contributed by atoms with E-state index in [0.717, 1.165) is 11.3 Å². The molecule has 0 bridgehead atoms. The number of carbonyl (C=O) groups is 2. The average molecular weight is 359 g/mol. The minimum absolute atomic E-state index is 0.0324. The van der Waals surface area contributed by atoms with E-state index in [9.17, 15) is 9.59 Å². The third kappa shape index (κ3) is 4.12. The number of rotatable bonds is 5. The van der Waals surface area contributed by atoms with Crippen LogP contribution in [0.25, 0.3) is 0 Å². The van der Waals surface area contributed by atoms with E-state index in [1.165, 1.54) is 0 Å². The Morgan fingerprint density at radius 1 is 1.28 bits per heavy atom. The van der Waals surface area contributed by atoms with Gasteiger partial charge in [-0.15, -0.1) is 0 Å². The molecule has 2 aromatic rings. The van der Waals surface area contributed by atoms with Crippen LogP contribution < -0.4 is 15.0 Å². The van der Waals surface area contributed by atoms with Gasteiger partial charge in [-0.25, -0.2) is 0 Å². The van der Waals surface area contributed by atoms with E-state index in [2.05, 4.69) is 5.32 Å². The maximum atomic E-state index is 12.1. The number of para-hydroxylation sites is 1. The molecule has 2 amide bonds. The molecule has 0 saturated carbocycles. The standard InChI is InChI=1S/C19H19ClN2O3/c1-22-17-8-3-2-7-16(17)13(9-19(22)24)11-21-18(23)12-25-15-6-4-5-14(20)10-15/h2-8,10,13H,9,11-12H2,1H3,(H,21,23)/t13-/m1/s1. The van der Waals surface area contributed by atoms with Crippen molar-refractivity contribution in [2.24, 2.45) is 0 Å². The van der Waals surface area contributed by atoms with E-state index in [1.54, 1.807) is 36.2 Å². The third-order valence-corrected chi connectivity index (χ3v) is 4.48. The molecule has 1 aliphatic rings. The lowest BCUT2D eigenvalue weighted by Gasteiger charge is -2.31. The summed E-state index contributed by atoms with van der Waals surface area (Å²) in [6.45, 7) is 0.302. The van der Waals surface area contributed by atoms with Crippen LogP contribution in [0, 0.1) is 0 Å². The van der Waals surface area contributed by atoms with Crippen LogP contribution in [-0.2, 0) is 9.59 Å². The summed E-state index contributed by atoms with van der Waals surface area (Å²) in [5.74, 6) is 0.328. The monoisotopic (exact) mass is 358 g/mol. The van der Waals surface area contributed by atoms with Gasteiger partial charge in [-0.2, -0.15) is 0 Å². The Morgan fingerprint density at radius 2 is 2.08 bits per heavy atom. The molecule has 3 rings (SSSR count). The second-order valence-corrected chi connectivity index (χ2v) is 6.40. The minimum Gasteiger partial charge on any atom is -0.484 e. The zero-order valence-electron chi connectivity index (χ0n) is 13.9. The predicted octanol–water partition coefficient (Wildman–Crippen LogP) is 2.99. The summed E-state index contributed by atoms with van der Waals surface area (Å²) in [7, 11) is 1.77. The first-order valence-electron chi connectivity index (χ1n) is 8.05.